The summed E-state index contributed by atoms with van der Waals surface area (Å²) in [6.45, 7) is 0.675. The number of halogens is 1. The Balaban J connectivity index is 1.40. The largest absolute Gasteiger partial charge is 0.508 e. The van der Waals surface area contributed by atoms with E-state index in [0.29, 0.717) is 50.8 Å². The predicted octanol–water partition coefficient (Wildman–Crippen LogP) is 1.60. The van der Waals surface area contributed by atoms with E-state index in [9.17, 15) is 58.5 Å². The van der Waals surface area contributed by atoms with E-state index in [1.165, 1.54) is 62.6 Å². The van der Waals surface area contributed by atoms with Gasteiger partial charge in [0.05, 0.1) is 25.8 Å². The number of ether oxygens (including phenoxy) is 1. The number of benzene rings is 5. The molecule has 0 aromatic heterocycles. The lowest BCUT2D eigenvalue weighted by Crippen LogP contribution is -2.61. The number of aromatic hydroxyl groups is 2. The van der Waals surface area contributed by atoms with Gasteiger partial charge in [-0.1, -0.05) is 70.9 Å². The number of rotatable bonds is 33. The van der Waals surface area contributed by atoms with Gasteiger partial charge in [-0.2, -0.15) is 0 Å². The number of hydrogen-bond donors (Lipinski definition) is 16. The number of thiol groups is 1. The number of amides is 10. The molecule has 0 aliphatic heterocycles. The van der Waals surface area contributed by atoms with Crippen LogP contribution in [0.1, 0.15) is 48.4 Å². The molecule has 1 unspecified atom stereocenters. The summed E-state index contributed by atoms with van der Waals surface area (Å²) in [5, 5.41) is 54.3. The summed E-state index contributed by atoms with van der Waals surface area (Å²) in [5.41, 5.74) is 20.6. The van der Waals surface area contributed by atoms with Crippen LogP contribution in [0.15, 0.2) is 121 Å². The number of phenolic OH excluding ortho intramolecular Hbond substituents is 2. The van der Waals surface area contributed by atoms with Gasteiger partial charge in [-0.3, -0.25) is 38.4 Å². The van der Waals surface area contributed by atoms with Gasteiger partial charge >= 0.3 is 6.03 Å². The van der Waals surface area contributed by atoms with Gasteiger partial charge in [0.25, 0.3) is 0 Å². The van der Waals surface area contributed by atoms with Gasteiger partial charge in [0, 0.05) is 41.4 Å². The first kappa shape index (κ1) is 69.2. The second-order valence-electron chi connectivity index (χ2n) is 20.2. The Kier molecular flexibility index (Phi) is 27.9. The summed E-state index contributed by atoms with van der Waals surface area (Å²) < 4.78 is 5.18. The zero-order chi connectivity index (χ0) is 63.6. The SMILES string of the molecule is COc1ccc(NC(=O)Nc2ccc(C[C@@H](NC(=O)[C@H](Cc3ccc(O)cc3)NC(=O)[C@@H](CSS)NC(=O)[C@@H](N)Cc3ccc(Cl)cc3)C(=O)N[C@@H](CCCCN)C(=O)N[C@H](C(=O)NCC(=O)NC(Cc3ccc(O)cc3)C(N)=O)[C@@H](C)O)cc2)cc1. The third-order valence-electron chi connectivity index (χ3n) is 13.3. The molecule has 28 heteroatoms. The molecule has 0 aliphatic rings. The molecular weight excluding hydrogens is 1180 g/mol. The van der Waals surface area contributed by atoms with Gasteiger partial charge < -0.3 is 85.1 Å². The van der Waals surface area contributed by atoms with Crippen molar-refractivity contribution in [1.82, 2.24) is 37.2 Å². The van der Waals surface area contributed by atoms with Crippen LogP contribution in [-0.4, -0.2) is 143 Å². The molecule has 0 aliphatic carbocycles. The molecule has 5 aromatic rings. The highest BCUT2D eigenvalue weighted by molar-refractivity contribution is 8.68. The van der Waals surface area contributed by atoms with Crippen LogP contribution in [0.3, 0.4) is 0 Å². The van der Waals surface area contributed by atoms with Gasteiger partial charge in [-0.25, -0.2) is 4.79 Å². The molecule has 0 spiro atoms. The highest BCUT2D eigenvalue weighted by Gasteiger charge is 2.35. The quantitative estimate of drug-likeness (QED) is 0.0161. The number of aliphatic hydroxyl groups excluding tert-OH is 1. The van der Waals surface area contributed by atoms with Gasteiger partial charge in [-0.15, -0.1) is 11.7 Å². The Labute approximate surface area is 516 Å². The molecule has 18 N–H and O–H groups in total. The number of carbonyl (C=O) groups excluding carboxylic acids is 9. The van der Waals surface area contributed by atoms with E-state index in [-0.39, 0.29) is 62.3 Å². The van der Waals surface area contributed by atoms with E-state index in [1.54, 1.807) is 72.8 Å². The van der Waals surface area contributed by atoms with Gasteiger partial charge in [0.1, 0.15) is 53.5 Å². The number of hydrogen-bond acceptors (Lipinski definition) is 17. The summed E-state index contributed by atoms with van der Waals surface area (Å²) in [6.07, 6.45) is -1.43. The highest BCUT2D eigenvalue weighted by atomic mass is 35.5. The maximum absolute atomic E-state index is 14.8. The van der Waals surface area contributed by atoms with E-state index < -0.39 is 108 Å². The standard InChI is InChI=1S/C59H73ClN12O13S2/c1-33(73)51(58(83)64-31-50(76)67-46(52(63)77)28-36-10-20-41(74)21-11-36)72-54(79)45(5-3-4-26-61)68-55(80)47(29-35-8-16-39(17-9-35)65-59(84)66-40-18-24-43(85-2)25-19-40)69-56(81)48(30-37-12-22-42(75)23-13-37)70-57(82)49(32-87-86)71-53(78)44(62)27-34-6-14-38(60)15-7-34/h6-25,33,44-49,51,73-75,86H,3-5,26-32,61-62H2,1-2H3,(H2,63,77)(H,64,83)(H,67,76)(H,68,80)(H,69,81)(H,70,82)(H,71,78)(H,72,79)(H2,65,66,84)/t33-,44+,45+,46?,47-,48+,49-,51+/m1/s1. The normalized spacial score (nSPS) is 13.7. The van der Waals surface area contributed by atoms with Crippen molar-refractivity contribution in [1.29, 1.82) is 0 Å². The molecule has 25 nitrogen and oxygen atoms in total. The molecule has 0 bridgehead atoms. The lowest BCUT2D eigenvalue weighted by atomic mass is 10.0. The average molecular weight is 1260 g/mol. The maximum Gasteiger partial charge on any atom is 0.323 e. The second kappa shape index (κ2) is 35.1. The number of methoxy groups -OCH3 is 1. The number of urea groups is 1. The van der Waals surface area contributed by atoms with Crippen molar-refractivity contribution < 1.29 is 63.2 Å². The van der Waals surface area contributed by atoms with Crippen LogP contribution in [0.25, 0.3) is 0 Å². The van der Waals surface area contributed by atoms with Crippen molar-refractivity contribution in [3.05, 3.63) is 149 Å². The molecule has 466 valence electrons. The van der Waals surface area contributed by atoms with E-state index in [0.717, 1.165) is 10.8 Å². The average Bonchev–Trinajstić information content (AvgIpc) is 2.95. The maximum atomic E-state index is 14.8. The fourth-order valence-electron chi connectivity index (χ4n) is 8.57. The van der Waals surface area contributed by atoms with Crippen LogP contribution in [0, 0.1) is 0 Å². The number of unbranched alkanes of at least 4 members (excludes halogenated alkanes) is 1. The zero-order valence-electron chi connectivity index (χ0n) is 47.6. The van der Waals surface area contributed by atoms with Crippen molar-refractivity contribution in [3.63, 3.8) is 0 Å². The van der Waals surface area contributed by atoms with Crippen LogP contribution in [0.4, 0.5) is 16.2 Å². The van der Waals surface area contributed by atoms with Gasteiger partial charge in [-0.05, 0) is 134 Å². The summed E-state index contributed by atoms with van der Waals surface area (Å²) in [5.74, 6) is -6.66. The molecular formula is C59H73ClN12O13S2. The van der Waals surface area contributed by atoms with Crippen molar-refractivity contribution >= 4 is 98.7 Å². The van der Waals surface area contributed by atoms with Gasteiger partial charge in [0.2, 0.25) is 47.3 Å². The molecule has 0 saturated heterocycles. The summed E-state index contributed by atoms with van der Waals surface area (Å²) in [4.78, 5) is 123. The zero-order valence-corrected chi connectivity index (χ0v) is 50.1. The monoisotopic (exact) mass is 1260 g/mol. The van der Waals surface area contributed by atoms with E-state index in [1.807, 2.05) is 0 Å². The van der Waals surface area contributed by atoms with Crippen molar-refractivity contribution in [2.24, 2.45) is 17.2 Å². The molecule has 0 radical (unpaired) electrons. The number of aliphatic hydroxyl groups is 1. The fraction of sp³-hybridized carbons (Fsp3) is 0.339. The third kappa shape index (κ3) is 23.7. The summed E-state index contributed by atoms with van der Waals surface area (Å²) in [7, 11) is 2.44. The molecule has 5 rings (SSSR count). The third-order valence-corrected chi connectivity index (χ3v) is 14.5. The highest BCUT2D eigenvalue weighted by Crippen LogP contribution is 2.19. The first-order valence-electron chi connectivity index (χ1n) is 27.4. The van der Waals surface area contributed by atoms with Gasteiger partial charge in [0.15, 0.2) is 0 Å². The molecule has 0 saturated carbocycles. The van der Waals surface area contributed by atoms with E-state index in [2.05, 4.69) is 59.5 Å². The van der Waals surface area contributed by atoms with Crippen molar-refractivity contribution in [3.8, 4) is 17.2 Å². The minimum absolute atomic E-state index is 0.0219. The Morgan fingerprint density at radius 3 is 1.48 bits per heavy atom. The van der Waals surface area contributed by atoms with Crippen molar-refractivity contribution in [2.75, 3.05) is 36.6 Å². The molecule has 0 heterocycles. The van der Waals surface area contributed by atoms with Crippen LogP contribution >= 0.6 is 34.1 Å². The molecule has 10 amide bonds. The van der Waals surface area contributed by atoms with Crippen LogP contribution in [0.2, 0.25) is 5.02 Å². The first-order valence-corrected chi connectivity index (χ1v) is 29.9. The number of nitrogens with two attached hydrogens (primary N) is 3. The molecule has 0 fully saturated rings. The van der Waals surface area contributed by atoms with Crippen LogP contribution < -0.4 is 69.8 Å². The van der Waals surface area contributed by atoms with E-state index >= 15 is 0 Å². The minimum atomic E-state index is -1.71. The van der Waals surface area contributed by atoms with Crippen LogP contribution in [-0.2, 0) is 64.0 Å². The number of anilines is 2. The Morgan fingerprint density at radius 1 is 0.563 bits per heavy atom. The summed E-state index contributed by atoms with van der Waals surface area (Å²) >= 11 is 10.3. The predicted molar refractivity (Wildman–Crippen MR) is 332 cm³/mol. The molecule has 87 heavy (non-hydrogen) atoms. The first-order chi connectivity index (χ1) is 41.5. The minimum Gasteiger partial charge on any atom is -0.508 e. The Morgan fingerprint density at radius 2 is 1.00 bits per heavy atom. The second-order valence-corrected chi connectivity index (χ2v) is 22.0. The smallest absolute Gasteiger partial charge is 0.323 e. The number of primary amides is 1. The topological polar surface area (TPSA) is 410 Å². The number of carbonyl (C=O) groups is 9. The Bertz CT molecular complexity index is 3110. The molecule has 8 atom stereocenters. The lowest BCUT2D eigenvalue weighted by Gasteiger charge is -2.28. The fourth-order valence-corrected chi connectivity index (χ4v) is 9.53. The number of phenols is 2. The van der Waals surface area contributed by atoms with E-state index in [4.69, 9.17) is 33.5 Å². The van der Waals surface area contributed by atoms with Crippen LogP contribution in [0.5, 0.6) is 17.2 Å². The number of nitrogens with one attached hydrogen (secondary N) is 9. The summed E-state index contributed by atoms with van der Waals surface area (Å²) in [6, 6.07) is 20.8. The Hall–Kier alpha value is -8.60. The van der Waals surface area contributed by atoms with Crippen molar-refractivity contribution in [2.45, 2.75) is 100 Å². The lowest BCUT2D eigenvalue weighted by molar-refractivity contribution is -0.136. The molecule has 5 aromatic carbocycles.